The van der Waals surface area contributed by atoms with E-state index in [1.807, 2.05) is 67.9 Å². The number of aromatic nitrogens is 4. The highest BCUT2D eigenvalue weighted by Crippen LogP contribution is 2.24. The third kappa shape index (κ3) is 3.30. The molecule has 0 spiro atoms. The molecule has 4 rings (SSSR count). The summed E-state index contributed by atoms with van der Waals surface area (Å²) in [6, 6.07) is 11.7. The lowest BCUT2D eigenvalue weighted by molar-refractivity contribution is 0.718. The average Bonchev–Trinajstić information content (AvgIpc) is 2.69. The molecule has 1 N–H and O–H groups in total. The molecule has 1 unspecified atom stereocenters. The van der Waals surface area contributed by atoms with E-state index in [9.17, 15) is 0 Å². The number of pyridine rings is 2. The summed E-state index contributed by atoms with van der Waals surface area (Å²) in [5.74, 6) is 0.600. The van der Waals surface area contributed by atoms with Crippen molar-refractivity contribution >= 4 is 0 Å². The molecule has 1 aliphatic heterocycles. The molecule has 3 aromatic rings. The van der Waals surface area contributed by atoms with E-state index in [-0.39, 0.29) is 6.04 Å². The van der Waals surface area contributed by atoms with Gasteiger partial charge in [-0.15, -0.1) is 0 Å². The van der Waals surface area contributed by atoms with Crippen molar-refractivity contribution < 1.29 is 0 Å². The summed E-state index contributed by atoms with van der Waals surface area (Å²) in [5, 5.41) is 3.30. The zero-order chi connectivity index (χ0) is 17.1. The largest absolute Gasteiger partial charge is 0.379 e. The number of dihydropyridines is 1. The van der Waals surface area contributed by atoms with Crippen molar-refractivity contribution in [2.75, 3.05) is 0 Å². The summed E-state index contributed by atoms with van der Waals surface area (Å²) in [6.45, 7) is 2.01. The van der Waals surface area contributed by atoms with E-state index in [1.165, 1.54) is 0 Å². The van der Waals surface area contributed by atoms with E-state index in [0.717, 1.165) is 28.3 Å². The molecule has 4 heterocycles. The summed E-state index contributed by atoms with van der Waals surface area (Å²) in [7, 11) is 0. The number of nitrogens with one attached hydrogen (secondary N) is 1. The molecule has 0 saturated heterocycles. The number of aryl methyl sites for hydroxylation is 1. The van der Waals surface area contributed by atoms with Crippen molar-refractivity contribution in [3.8, 4) is 22.9 Å². The second-order valence-electron chi connectivity index (χ2n) is 5.83. The molecule has 5 nitrogen and oxygen atoms in total. The SMILES string of the molecule is Cc1ccc(-c2nc(-c3ccccn3)cc(C3C=CC=CN3)n2)nc1. The predicted octanol–water partition coefficient (Wildman–Crippen LogP) is 3.62. The molecule has 122 valence electrons. The van der Waals surface area contributed by atoms with Gasteiger partial charge in [0.2, 0.25) is 0 Å². The van der Waals surface area contributed by atoms with Crippen molar-refractivity contribution in [3.05, 3.63) is 84.5 Å². The normalized spacial score (nSPS) is 15.8. The van der Waals surface area contributed by atoms with E-state index in [1.54, 1.807) is 6.20 Å². The van der Waals surface area contributed by atoms with E-state index in [2.05, 4.69) is 21.4 Å². The molecule has 0 aromatic carbocycles. The highest BCUT2D eigenvalue weighted by Gasteiger charge is 2.15. The molecule has 25 heavy (non-hydrogen) atoms. The molecular formula is C20H17N5. The molecule has 5 heteroatoms. The summed E-state index contributed by atoms with van der Waals surface area (Å²) < 4.78 is 0. The van der Waals surface area contributed by atoms with Crippen molar-refractivity contribution in [1.82, 2.24) is 25.3 Å². The maximum absolute atomic E-state index is 4.73. The fourth-order valence-corrected chi connectivity index (χ4v) is 2.62. The van der Waals surface area contributed by atoms with Gasteiger partial charge in [0.1, 0.15) is 5.69 Å². The lowest BCUT2D eigenvalue weighted by Crippen LogP contribution is -2.17. The standard InChI is InChI=1S/C20H17N5/c1-14-8-9-17(23-13-14)20-24-18(15-6-2-4-10-21-15)12-19(25-20)16-7-3-5-11-22-16/h2-13,15,21H,1H3. The van der Waals surface area contributed by atoms with Gasteiger partial charge in [0, 0.05) is 12.4 Å². The fraction of sp³-hybridized carbons (Fsp3) is 0.100. The summed E-state index contributed by atoms with van der Waals surface area (Å²) in [5.41, 5.74) is 4.34. The van der Waals surface area contributed by atoms with Crippen LogP contribution in [0.1, 0.15) is 17.3 Å². The highest BCUT2D eigenvalue weighted by atomic mass is 15.0. The number of allylic oxidation sites excluding steroid dienone is 2. The lowest BCUT2D eigenvalue weighted by Gasteiger charge is -2.17. The van der Waals surface area contributed by atoms with E-state index in [4.69, 9.17) is 9.97 Å². The van der Waals surface area contributed by atoms with Gasteiger partial charge in [-0.1, -0.05) is 24.3 Å². The smallest absolute Gasteiger partial charge is 0.179 e. The second-order valence-corrected chi connectivity index (χ2v) is 5.83. The first-order chi connectivity index (χ1) is 12.3. The Kier molecular flexibility index (Phi) is 4.04. The third-order valence-corrected chi connectivity index (χ3v) is 3.92. The molecular weight excluding hydrogens is 310 g/mol. The van der Waals surface area contributed by atoms with Crippen LogP contribution in [-0.2, 0) is 0 Å². The van der Waals surface area contributed by atoms with Gasteiger partial charge < -0.3 is 5.32 Å². The van der Waals surface area contributed by atoms with Crippen LogP contribution in [0.5, 0.6) is 0 Å². The molecule has 0 fully saturated rings. The van der Waals surface area contributed by atoms with Crippen LogP contribution in [-0.4, -0.2) is 19.9 Å². The first-order valence-electron chi connectivity index (χ1n) is 8.12. The Morgan fingerprint density at radius 1 is 0.920 bits per heavy atom. The molecule has 0 amide bonds. The minimum Gasteiger partial charge on any atom is -0.379 e. The van der Waals surface area contributed by atoms with Crippen molar-refractivity contribution in [3.63, 3.8) is 0 Å². The molecule has 3 aromatic heterocycles. The first kappa shape index (κ1) is 15.2. The number of nitrogens with zero attached hydrogens (tertiary/aromatic N) is 4. The Labute approximate surface area is 146 Å². The zero-order valence-electron chi connectivity index (χ0n) is 13.8. The predicted molar refractivity (Wildman–Crippen MR) is 97.4 cm³/mol. The second kappa shape index (κ2) is 6.65. The van der Waals surface area contributed by atoms with E-state index in [0.29, 0.717) is 5.82 Å². The molecule has 0 aliphatic carbocycles. The number of hydrogen-bond acceptors (Lipinski definition) is 5. The summed E-state index contributed by atoms with van der Waals surface area (Å²) in [6.07, 6.45) is 11.5. The summed E-state index contributed by atoms with van der Waals surface area (Å²) >= 11 is 0. The monoisotopic (exact) mass is 327 g/mol. The van der Waals surface area contributed by atoms with Crippen LogP contribution in [0.2, 0.25) is 0 Å². The van der Waals surface area contributed by atoms with Gasteiger partial charge >= 0.3 is 0 Å². The Morgan fingerprint density at radius 2 is 1.88 bits per heavy atom. The van der Waals surface area contributed by atoms with Crippen LogP contribution in [0.15, 0.2) is 73.2 Å². The molecule has 0 bridgehead atoms. The molecule has 0 saturated carbocycles. The highest BCUT2D eigenvalue weighted by molar-refractivity contribution is 5.60. The van der Waals surface area contributed by atoms with Gasteiger partial charge in [0.15, 0.2) is 5.82 Å². The minimum atomic E-state index is -0.000314. The third-order valence-electron chi connectivity index (χ3n) is 3.92. The van der Waals surface area contributed by atoms with Gasteiger partial charge in [0.25, 0.3) is 0 Å². The van der Waals surface area contributed by atoms with Crippen molar-refractivity contribution in [1.29, 1.82) is 0 Å². The molecule has 1 atom stereocenters. The van der Waals surface area contributed by atoms with Crippen LogP contribution >= 0.6 is 0 Å². The minimum absolute atomic E-state index is 0.000314. The van der Waals surface area contributed by atoms with Gasteiger partial charge in [-0.2, -0.15) is 0 Å². The summed E-state index contributed by atoms with van der Waals surface area (Å²) in [4.78, 5) is 18.3. The Bertz CT molecular complexity index is 930. The quantitative estimate of drug-likeness (QED) is 0.796. The maximum Gasteiger partial charge on any atom is 0.179 e. The van der Waals surface area contributed by atoms with Crippen LogP contribution in [0.25, 0.3) is 22.9 Å². The van der Waals surface area contributed by atoms with Crippen molar-refractivity contribution in [2.45, 2.75) is 13.0 Å². The number of rotatable bonds is 3. The van der Waals surface area contributed by atoms with Crippen molar-refractivity contribution in [2.24, 2.45) is 0 Å². The Balaban J connectivity index is 1.84. The van der Waals surface area contributed by atoms with Crippen LogP contribution in [0.3, 0.4) is 0 Å². The Hall–Kier alpha value is -3.34. The van der Waals surface area contributed by atoms with E-state index >= 15 is 0 Å². The van der Waals surface area contributed by atoms with Gasteiger partial charge in [-0.25, -0.2) is 9.97 Å². The van der Waals surface area contributed by atoms with E-state index < -0.39 is 0 Å². The molecule has 1 aliphatic rings. The zero-order valence-corrected chi connectivity index (χ0v) is 13.8. The van der Waals surface area contributed by atoms with Crippen LogP contribution in [0.4, 0.5) is 0 Å². The van der Waals surface area contributed by atoms with Gasteiger partial charge in [-0.3, -0.25) is 9.97 Å². The first-order valence-corrected chi connectivity index (χ1v) is 8.12. The Morgan fingerprint density at radius 3 is 2.60 bits per heavy atom. The lowest BCUT2D eigenvalue weighted by atomic mass is 10.1. The topological polar surface area (TPSA) is 63.6 Å². The van der Waals surface area contributed by atoms with Gasteiger partial charge in [0.05, 0.1) is 23.1 Å². The maximum atomic E-state index is 4.73. The van der Waals surface area contributed by atoms with Crippen LogP contribution < -0.4 is 5.32 Å². The van der Waals surface area contributed by atoms with Gasteiger partial charge in [-0.05, 0) is 49.0 Å². The molecule has 0 radical (unpaired) electrons. The van der Waals surface area contributed by atoms with Crippen LogP contribution in [0, 0.1) is 6.92 Å². The number of hydrogen-bond donors (Lipinski definition) is 1. The fourth-order valence-electron chi connectivity index (χ4n) is 2.62. The average molecular weight is 327 g/mol.